The minimum absolute atomic E-state index is 0.118. The van der Waals surface area contributed by atoms with Crippen LogP contribution in [0, 0.1) is 11.3 Å². The lowest BCUT2D eigenvalue weighted by atomic mass is 9.89. The fourth-order valence-electron chi connectivity index (χ4n) is 3.39. The highest BCUT2D eigenvalue weighted by molar-refractivity contribution is 5.89. The molecule has 0 bridgehead atoms. The summed E-state index contributed by atoms with van der Waals surface area (Å²) in [6, 6.07) is 10.0. The highest BCUT2D eigenvalue weighted by Gasteiger charge is 2.61. The summed E-state index contributed by atoms with van der Waals surface area (Å²) < 4.78 is 5.04. The molecule has 1 aromatic carbocycles. The molecule has 1 aliphatic carbocycles. The van der Waals surface area contributed by atoms with Crippen molar-refractivity contribution in [2.24, 2.45) is 11.3 Å². The molecule has 1 atom stereocenters. The van der Waals surface area contributed by atoms with E-state index in [9.17, 15) is 9.59 Å². The van der Waals surface area contributed by atoms with Crippen LogP contribution in [-0.4, -0.2) is 29.9 Å². The largest absolute Gasteiger partial charge is 0.466 e. The van der Waals surface area contributed by atoms with Gasteiger partial charge < -0.3 is 9.64 Å². The second-order valence-electron chi connectivity index (χ2n) is 6.03. The fraction of sp³-hybridized carbons (Fsp3) is 0.529. The van der Waals surface area contributed by atoms with Crippen LogP contribution in [0.4, 0.5) is 0 Å². The van der Waals surface area contributed by atoms with E-state index in [4.69, 9.17) is 4.74 Å². The minimum atomic E-state index is -0.262. The minimum Gasteiger partial charge on any atom is -0.466 e. The van der Waals surface area contributed by atoms with E-state index in [0.29, 0.717) is 26.1 Å². The molecule has 0 N–H and O–H groups in total. The molecule has 0 radical (unpaired) electrons. The van der Waals surface area contributed by atoms with Gasteiger partial charge in [0, 0.05) is 19.0 Å². The van der Waals surface area contributed by atoms with Crippen molar-refractivity contribution in [3.63, 3.8) is 0 Å². The predicted octanol–water partition coefficient (Wildman–Crippen LogP) is 2.38. The number of likely N-dealkylation sites (tertiary alicyclic amines) is 1. The van der Waals surface area contributed by atoms with Gasteiger partial charge in [-0.1, -0.05) is 30.3 Å². The Kier molecular flexibility index (Phi) is 3.70. The van der Waals surface area contributed by atoms with Crippen molar-refractivity contribution in [2.45, 2.75) is 32.7 Å². The Bertz CT molecular complexity index is 536. The lowest BCUT2D eigenvalue weighted by molar-refractivity contribution is -0.144. The van der Waals surface area contributed by atoms with Gasteiger partial charge in [0.15, 0.2) is 0 Å². The van der Waals surface area contributed by atoms with Crippen LogP contribution in [0.25, 0.3) is 0 Å². The van der Waals surface area contributed by atoms with Crippen molar-refractivity contribution < 1.29 is 14.3 Å². The van der Waals surface area contributed by atoms with Crippen LogP contribution in [0.2, 0.25) is 0 Å². The Morgan fingerprint density at radius 2 is 2.05 bits per heavy atom. The van der Waals surface area contributed by atoms with Crippen LogP contribution in [0.3, 0.4) is 0 Å². The van der Waals surface area contributed by atoms with Gasteiger partial charge in [-0.25, -0.2) is 0 Å². The molecule has 1 saturated heterocycles. The van der Waals surface area contributed by atoms with Crippen LogP contribution in [0.5, 0.6) is 0 Å². The van der Waals surface area contributed by atoms with Gasteiger partial charge in [-0.15, -0.1) is 0 Å². The third-order valence-electron chi connectivity index (χ3n) is 4.66. The normalized spacial score (nSPS) is 22.6. The number of benzene rings is 1. The smallest absolute Gasteiger partial charge is 0.306 e. The SMILES string of the molecule is CCOC(=O)CC1CN(Cc2ccccc2)C(=O)C12CC2. The maximum Gasteiger partial charge on any atom is 0.306 e. The zero-order valence-corrected chi connectivity index (χ0v) is 12.4. The van der Waals surface area contributed by atoms with Crippen molar-refractivity contribution in [2.75, 3.05) is 13.2 Å². The summed E-state index contributed by atoms with van der Waals surface area (Å²) in [6.07, 6.45) is 2.20. The van der Waals surface area contributed by atoms with Crippen LogP contribution in [0.1, 0.15) is 31.7 Å². The molecule has 1 aliphatic heterocycles. The Morgan fingerprint density at radius 3 is 2.67 bits per heavy atom. The first-order valence-corrected chi connectivity index (χ1v) is 7.64. The van der Waals surface area contributed by atoms with Crippen LogP contribution < -0.4 is 0 Å². The van der Waals surface area contributed by atoms with Gasteiger partial charge in [0.25, 0.3) is 0 Å². The highest BCUT2D eigenvalue weighted by Crippen LogP contribution is 2.58. The highest BCUT2D eigenvalue weighted by atomic mass is 16.5. The van der Waals surface area contributed by atoms with Crippen molar-refractivity contribution in [1.82, 2.24) is 4.90 Å². The lowest BCUT2D eigenvalue weighted by Crippen LogP contribution is -2.27. The number of amides is 1. The van der Waals surface area contributed by atoms with Gasteiger partial charge in [-0.05, 0) is 25.3 Å². The van der Waals surface area contributed by atoms with E-state index in [1.807, 2.05) is 42.2 Å². The topological polar surface area (TPSA) is 46.6 Å². The van der Waals surface area contributed by atoms with Gasteiger partial charge in [0.1, 0.15) is 0 Å². The number of hydrogen-bond acceptors (Lipinski definition) is 3. The first-order valence-electron chi connectivity index (χ1n) is 7.64. The Hall–Kier alpha value is -1.84. The van der Waals surface area contributed by atoms with E-state index < -0.39 is 0 Å². The third kappa shape index (κ3) is 2.67. The zero-order chi connectivity index (χ0) is 14.9. The summed E-state index contributed by atoms with van der Waals surface area (Å²) in [5.74, 6) is 0.163. The molecule has 3 rings (SSSR count). The summed E-state index contributed by atoms with van der Waals surface area (Å²) >= 11 is 0. The van der Waals surface area contributed by atoms with E-state index in [1.165, 1.54) is 0 Å². The standard InChI is InChI=1S/C17H21NO3/c1-2-21-15(19)10-14-12-18(16(20)17(14)8-9-17)11-13-6-4-3-5-7-13/h3-7,14H,2,8-12H2,1H3. The average Bonchev–Trinajstić information content (AvgIpc) is 3.23. The average molecular weight is 287 g/mol. The molecule has 1 amide bonds. The van der Waals surface area contributed by atoms with Crippen LogP contribution in [-0.2, 0) is 20.9 Å². The molecule has 1 unspecified atom stereocenters. The fourth-order valence-corrected chi connectivity index (χ4v) is 3.39. The number of hydrogen-bond donors (Lipinski definition) is 0. The number of nitrogens with zero attached hydrogens (tertiary/aromatic N) is 1. The molecule has 112 valence electrons. The summed E-state index contributed by atoms with van der Waals surface area (Å²) in [7, 11) is 0. The predicted molar refractivity (Wildman–Crippen MR) is 78.3 cm³/mol. The maximum absolute atomic E-state index is 12.6. The molecule has 2 fully saturated rings. The van der Waals surface area contributed by atoms with Crippen molar-refractivity contribution in [3.8, 4) is 0 Å². The molecule has 1 aromatic rings. The number of carbonyl (C=O) groups excluding carboxylic acids is 2. The van der Waals surface area contributed by atoms with Gasteiger partial charge in [0.2, 0.25) is 5.91 Å². The van der Waals surface area contributed by atoms with E-state index in [1.54, 1.807) is 0 Å². The monoisotopic (exact) mass is 287 g/mol. The molecular formula is C17H21NO3. The Balaban J connectivity index is 1.68. The zero-order valence-electron chi connectivity index (χ0n) is 12.4. The third-order valence-corrected chi connectivity index (χ3v) is 4.66. The van der Waals surface area contributed by atoms with Gasteiger partial charge in [-0.3, -0.25) is 9.59 Å². The summed E-state index contributed by atoms with van der Waals surface area (Å²) in [5, 5.41) is 0. The second kappa shape index (κ2) is 5.51. The van der Waals surface area contributed by atoms with E-state index >= 15 is 0 Å². The van der Waals surface area contributed by atoms with Gasteiger partial charge in [-0.2, -0.15) is 0 Å². The Morgan fingerprint density at radius 1 is 1.33 bits per heavy atom. The van der Waals surface area contributed by atoms with E-state index in [0.717, 1.165) is 18.4 Å². The van der Waals surface area contributed by atoms with Gasteiger partial charge in [0.05, 0.1) is 18.4 Å². The molecule has 0 aromatic heterocycles. The molecule has 21 heavy (non-hydrogen) atoms. The number of ether oxygens (including phenoxy) is 1. The molecule has 4 nitrogen and oxygen atoms in total. The number of esters is 1. The summed E-state index contributed by atoms with van der Waals surface area (Å²) in [4.78, 5) is 26.3. The molecule has 1 heterocycles. The molecule has 4 heteroatoms. The first-order chi connectivity index (χ1) is 10.2. The summed E-state index contributed by atoms with van der Waals surface area (Å²) in [5.41, 5.74) is 0.875. The quantitative estimate of drug-likeness (QED) is 0.781. The maximum atomic E-state index is 12.6. The Labute approximate surface area is 125 Å². The van der Waals surface area contributed by atoms with Crippen molar-refractivity contribution >= 4 is 11.9 Å². The molecule has 1 saturated carbocycles. The first kappa shape index (κ1) is 14.1. The number of rotatable bonds is 5. The number of carbonyl (C=O) groups is 2. The van der Waals surface area contributed by atoms with Crippen molar-refractivity contribution in [1.29, 1.82) is 0 Å². The summed E-state index contributed by atoms with van der Waals surface area (Å²) in [6.45, 7) is 3.53. The molecule has 2 aliphatic rings. The van der Waals surface area contributed by atoms with Gasteiger partial charge >= 0.3 is 5.97 Å². The van der Waals surface area contributed by atoms with Crippen LogP contribution >= 0.6 is 0 Å². The molecule has 1 spiro atoms. The van der Waals surface area contributed by atoms with E-state index in [2.05, 4.69) is 0 Å². The van der Waals surface area contributed by atoms with Crippen molar-refractivity contribution in [3.05, 3.63) is 35.9 Å². The van der Waals surface area contributed by atoms with E-state index in [-0.39, 0.29) is 23.2 Å². The second-order valence-corrected chi connectivity index (χ2v) is 6.03. The lowest BCUT2D eigenvalue weighted by Gasteiger charge is -2.16. The molecular weight excluding hydrogens is 266 g/mol. The van der Waals surface area contributed by atoms with Crippen LogP contribution in [0.15, 0.2) is 30.3 Å².